The maximum Gasteiger partial charge on any atom is 0.321 e. The molecule has 1 fully saturated rings. The molecule has 0 radical (unpaired) electrons. The molecule has 6 heteroatoms. The Morgan fingerprint density at radius 1 is 1.35 bits per heavy atom. The van der Waals surface area contributed by atoms with Gasteiger partial charge in [0.1, 0.15) is 5.75 Å². The average Bonchev–Trinajstić information content (AvgIpc) is 2.53. The van der Waals surface area contributed by atoms with Crippen molar-refractivity contribution in [1.29, 1.82) is 0 Å². The normalized spacial score (nSPS) is 20.9. The van der Waals surface area contributed by atoms with Crippen LogP contribution in [0, 0.1) is 11.8 Å². The lowest BCUT2D eigenvalue weighted by molar-refractivity contribution is -0.143. The number of aliphatic carboxylic acids is 1. The van der Waals surface area contributed by atoms with E-state index in [0.29, 0.717) is 31.0 Å². The van der Waals surface area contributed by atoms with Crippen molar-refractivity contribution >= 4 is 17.7 Å². The Labute approximate surface area is 136 Å². The molecule has 126 valence electrons. The first-order valence-corrected chi connectivity index (χ1v) is 8.01. The SMILES string of the molecule is CCCOc1ccccc1NC(=O)N1CC(C)CC(C(=O)O)C1. The second-order valence-corrected chi connectivity index (χ2v) is 6.06. The minimum absolute atomic E-state index is 0.169. The van der Waals surface area contributed by atoms with Crippen LogP contribution in [-0.2, 0) is 4.79 Å². The first-order valence-electron chi connectivity index (χ1n) is 8.01. The van der Waals surface area contributed by atoms with Crippen molar-refractivity contribution in [3.8, 4) is 5.75 Å². The van der Waals surface area contributed by atoms with Crippen molar-refractivity contribution in [2.24, 2.45) is 11.8 Å². The summed E-state index contributed by atoms with van der Waals surface area (Å²) in [6.45, 7) is 5.36. The molecule has 1 heterocycles. The minimum atomic E-state index is -0.846. The molecule has 2 amide bonds. The summed E-state index contributed by atoms with van der Waals surface area (Å²) in [5, 5.41) is 12.0. The van der Waals surface area contributed by atoms with Gasteiger partial charge in [0.15, 0.2) is 0 Å². The van der Waals surface area contributed by atoms with E-state index in [0.717, 1.165) is 6.42 Å². The van der Waals surface area contributed by atoms with Crippen LogP contribution >= 0.6 is 0 Å². The van der Waals surface area contributed by atoms with E-state index in [1.54, 1.807) is 11.0 Å². The molecular weight excluding hydrogens is 296 g/mol. The summed E-state index contributed by atoms with van der Waals surface area (Å²) in [6.07, 6.45) is 1.49. The van der Waals surface area contributed by atoms with E-state index in [9.17, 15) is 14.7 Å². The Hall–Kier alpha value is -2.24. The molecule has 0 bridgehead atoms. The lowest BCUT2D eigenvalue weighted by Gasteiger charge is -2.34. The largest absolute Gasteiger partial charge is 0.491 e. The number of anilines is 1. The summed E-state index contributed by atoms with van der Waals surface area (Å²) in [7, 11) is 0. The number of hydrogen-bond donors (Lipinski definition) is 2. The van der Waals surface area contributed by atoms with E-state index >= 15 is 0 Å². The van der Waals surface area contributed by atoms with Crippen LogP contribution < -0.4 is 10.1 Å². The van der Waals surface area contributed by atoms with E-state index in [4.69, 9.17) is 4.74 Å². The molecule has 2 rings (SSSR count). The lowest BCUT2D eigenvalue weighted by atomic mass is 9.91. The van der Waals surface area contributed by atoms with Crippen LogP contribution in [0.2, 0.25) is 0 Å². The van der Waals surface area contributed by atoms with Crippen LogP contribution in [0.25, 0.3) is 0 Å². The van der Waals surface area contributed by atoms with Gasteiger partial charge in [-0.05, 0) is 30.9 Å². The number of hydrogen-bond acceptors (Lipinski definition) is 3. The second-order valence-electron chi connectivity index (χ2n) is 6.06. The summed E-state index contributed by atoms with van der Waals surface area (Å²) in [6, 6.07) is 6.99. The van der Waals surface area contributed by atoms with E-state index in [1.165, 1.54) is 0 Å². The smallest absolute Gasteiger partial charge is 0.321 e. The fourth-order valence-corrected chi connectivity index (χ4v) is 2.80. The van der Waals surface area contributed by atoms with Gasteiger partial charge in [0.05, 0.1) is 18.2 Å². The van der Waals surface area contributed by atoms with Crippen molar-refractivity contribution in [3.05, 3.63) is 24.3 Å². The number of likely N-dealkylation sites (tertiary alicyclic amines) is 1. The molecule has 1 aromatic rings. The number of benzene rings is 1. The van der Waals surface area contributed by atoms with Gasteiger partial charge in [0, 0.05) is 13.1 Å². The number of para-hydroxylation sites is 2. The monoisotopic (exact) mass is 320 g/mol. The molecule has 0 saturated carbocycles. The third kappa shape index (κ3) is 4.61. The summed E-state index contributed by atoms with van der Waals surface area (Å²) in [5.74, 6) is -0.554. The molecule has 2 N–H and O–H groups in total. The third-order valence-corrected chi connectivity index (χ3v) is 3.89. The first kappa shape index (κ1) is 17.1. The van der Waals surface area contributed by atoms with Crippen LogP contribution in [0.15, 0.2) is 24.3 Å². The topological polar surface area (TPSA) is 78.9 Å². The number of ether oxygens (including phenoxy) is 1. The molecule has 23 heavy (non-hydrogen) atoms. The Morgan fingerprint density at radius 3 is 2.78 bits per heavy atom. The van der Waals surface area contributed by atoms with E-state index in [-0.39, 0.29) is 18.5 Å². The summed E-state index contributed by atoms with van der Waals surface area (Å²) in [4.78, 5) is 25.3. The quantitative estimate of drug-likeness (QED) is 0.874. The van der Waals surface area contributed by atoms with Crippen molar-refractivity contribution in [1.82, 2.24) is 4.90 Å². The predicted octanol–water partition coefficient (Wildman–Crippen LogP) is 3.05. The van der Waals surface area contributed by atoms with Crippen molar-refractivity contribution in [3.63, 3.8) is 0 Å². The van der Waals surface area contributed by atoms with Crippen LogP contribution in [0.5, 0.6) is 5.75 Å². The standard InChI is InChI=1S/C17H24N2O4/c1-3-8-23-15-7-5-4-6-14(15)18-17(22)19-10-12(2)9-13(11-19)16(20)21/h4-7,12-13H,3,8-11H2,1-2H3,(H,18,22)(H,20,21). The zero-order chi connectivity index (χ0) is 16.8. The predicted molar refractivity (Wildman–Crippen MR) is 87.7 cm³/mol. The average molecular weight is 320 g/mol. The molecular formula is C17H24N2O4. The number of carbonyl (C=O) groups excluding carboxylic acids is 1. The van der Waals surface area contributed by atoms with E-state index < -0.39 is 11.9 Å². The number of nitrogens with zero attached hydrogens (tertiary/aromatic N) is 1. The van der Waals surface area contributed by atoms with E-state index in [1.807, 2.05) is 32.0 Å². The number of carbonyl (C=O) groups is 2. The van der Waals surface area contributed by atoms with E-state index in [2.05, 4.69) is 5.32 Å². The lowest BCUT2D eigenvalue weighted by Crippen LogP contribution is -2.47. The van der Waals surface area contributed by atoms with Gasteiger partial charge < -0.3 is 20.1 Å². The van der Waals surface area contributed by atoms with Gasteiger partial charge in [-0.15, -0.1) is 0 Å². The van der Waals surface area contributed by atoms with Gasteiger partial charge in [-0.2, -0.15) is 0 Å². The zero-order valence-corrected chi connectivity index (χ0v) is 13.6. The Bertz CT molecular complexity index is 561. The van der Waals surface area contributed by atoms with Crippen LogP contribution in [0.3, 0.4) is 0 Å². The Morgan fingerprint density at radius 2 is 2.09 bits per heavy atom. The fourth-order valence-electron chi connectivity index (χ4n) is 2.80. The van der Waals surface area contributed by atoms with Gasteiger partial charge in [0.2, 0.25) is 0 Å². The van der Waals surface area contributed by atoms with Gasteiger partial charge in [-0.25, -0.2) is 4.79 Å². The number of piperidine rings is 1. The summed E-state index contributed by atoms with van der Waals surface area (Å²) < 4.78 is 5.63. The third-order valence-electron chi connectivity index (χ3n) is 3.89. The van der Waals surface area contributed by atoms with Gasteiger partial charge in [-0.3, -0.25) is 4.79 Å². The maximum atomic E-state index is 12.5. The molecule has 1 aliphatic rings. The molecule has 0 aromatic heterocycles. The highest BCUT2D eigenvalue weighted by atomic mass is 16.5. The zero-order valence-electron chi connectivity index (χ0n) is 13.6. The molecule has 1 aliphatic heterocycles. The number of urea groups is 1. The summed E-state index contributed by atoms with van der Waals surface area (Å²) in [5.41, 5.74) is 0.607. The maximum absolute atomic E-state index is 12.5. The highest BCUT2D eigenvalue weighted by molar-refractivity contribution is 5.91. The number of carboxylic acid groups (broad SMARTS) is 1. The second kappa shape index (κ2) is 7.85. The fraction of sp³-hybridized carbons (Fsp3) is 0.529. The van der Waals surface area contributed by atoms with Crippen molar-refractivity contribution in [2.75, 3.05) is 25.0 Å². The number of carboxylic acids is 1. The number of rotatable bonds is 5. The highest BCUT2D eigenvalue weighted by Crippen LogP contribution is 2.26. The molecule has 1 saturated heterocycles. The van der Waals surface area contributed by atoms with Gasteiger partial charge >= 0.3 is 12.0 Å². The van der Waals surface area contributed by atoms with Gasteiger partial charge in [0.25, 0.3) is 0 Å². The molecule has 1 aromatic carbocycles. The molecule has 0 aliphatic carbocycles. The van der Waals surface area contributed by atoms with Crippen molar-refractivity contribution < 1.29 is 19.4 Å². The summed E-state index contributed by atoms with van der Waals surface area (Å²) >= 11 is 0. The molecule has 2 unspecified atom stereocenters. The van der Waals surface area contributed by atoms with Crippen LogP contribution in [-0.4, -0.2) is 41.7 Å². The Kier molecular flexibility index (Phi) is 5.84. The molecule has 2 atom stereocenters. The number of amides is 2. The first-order chi connectivity index (χ1) is 11.0. The van der Waals surface area contributed by atoms with Crippen LogP contribution in [0.1, 0.15) is 26.7 Å². The van der Waals surface area contributed by atoms with Crippen molar-refractivity contribution in [2.45, 2.75) is 26.7 Å². The van der Waals surface area contributed by atoms with Gasteiger partial charge in [-0.1, -0.05) is 26.0 Å². The highest BCUT2D eigenvalue weighted by Gasteiger charge is 2.32. The number of nitrogens with one attached hydrogen (secondary N) is 1. The minimum Gasteiger partial charge on any atom is -0.491 e. The molecule has 6 nitrogen and oxygen atoms in total. The Balaban J connectivity index is 2.05. The van der Waals surface area contributed by atoms with Crippen LogP contribution in [0.4, 0.5) is 10.5 Å². The molecule has 0 spiro atoms.